The maximum atomic E-state index is 12.2. The summed E-state index contributed by atoms with van der Waals surface area (Å²) in [5.41, 5.74) is 0. The molecule has 1 heterocycles. The summed E-state index contributed by atoms with van der Waals surface area (Å²) in [7, 11) is 0. The summed E-state index contributed by atoms with van der Waals surface area (Å²) in [5, 5.41) is 39.6. The van der Waals surface area contributed by atoms with E-state index in [1.54, 1.807) is 0 Å². The summed E-state index contributed by atoms with van der Waals surface area (Å²) in [6, 6.07) is 0. The van der Waals surface area contributed by atoms with Gasteiger partial charge in [0.25, 0.3) is 0 Å². The molecule has 0 aromatic rings. The number of esters is 1. The molecule has 0 amide bonds. The van der Waals surface area contributed by atoms with Crippen LogP contribution in [-0.2, 0) is 23.7 Å². The van der Waals surface area contributed by atoms with E-state index < -0.39 is 43.4 Å². The molecule has 1 saturated heterocycles. The molecule has 292 valence electrons. The van der Waals surface area contributed by atoms with Crippen LogP contribution >= 0.6 is 0 Å². The summed E-state index contributed by atoms with van der Waals surface area (Å²) < 4.78 is 22.3. The van der Waals surface area contributed by atoms with Crippen LogP contribution in [-0.4, -0.2) is 89.6 Å². The summed E-state index contributed by atoms with van der Waals surface area (Å²) in [6.45, 7) is 4.13. The number of allylic oxidation sites excluding steroid dienone is 12. The molecular weight excluding hydrogens is 648 g/mol. The Morgan fingerprint density at radius 2 is 1.18 bits per heavy atom. The second kappa shape index (κ2) is 33.5. The molecule has 6 unspecified atom stereocenters. The molecular formula is C42H70O9. The molecule has 4 N–H and O–H groups in total. The van der Waals surface area contributed by atoms with Crippen LogP contribution in [0.15, 0.2) is 72.9 Å². The predicted molar refractivity (Wildman–Crippen MR) is 205 cm³/mol. The fourth-order valence-electron chi connectivity index (χ4n) is 5.29. The first-order valence-corrected chi connectivity index (χ1v) is 19.5. The maximum absolute atomic E-state index is 12.2. The predicted octanol–water partition coefficient (Wildman–Crippen LogP) is 7.74. The molecule has 0 aliphatic carbocycles. The molecule has 1 aliphatic rings. The highest BCUT2D eigenvalue weighted by Gasteiger charge is 2.44. The Morgan fingerprint density at radius 1 is 0.647 bits per heavy atom. The van der Waals surface area contributed by atoms with Gasteiger partial charge in [-0.25, -0.2) is 0 Å². The van der Waals surface area contributed by atoms with Crippen molar-refractivity contribution in [3.05, 3.63) is 72.9 Å². The van der Waals surface area contributed by atoms with Crippen molar-refractivity contribution in [2.75, 3.05) is 26.4 Å². The molecule has 0 saturated carbocycles. The molecule has 1 aliphatic heterocycles. The van der Waals surface area contributed by atoms with Gasteiger partial charge in [-0.05, 0) is 64.2 Å². The third-order valence-electron chi connectivity index (χ3n) is 8.39. The highest BCUT2D eigenvalue weighted by molar-refractivity contribution is 5.69. The minimum Gasteiger partial charge on any atom is -0.457 e. The molecule has 9 nitrogen and oxygen atoms in total. The van der Waals surface area contributed by atoms with Crippen LogP contribution in [0.1, 0.15) is 123 Å². The lowest BCUT2D eigenvalue weighted by Gasteiger charge is -2.39. The molecule has 0 bridgehead atoms. The average Bonchev–Trinajstić information content (AvgIpc) is 3.13. The van der Waals surface area contributed by atoms with Crippen molar-refractivity contribution in [3.63, 3.8) is 0 Å². The van der Waals surface area contributed by atoms with Crippen LogP contribution in [0, 0.1) is 0 Å². The van der Waals surface area contributed by atoms with E-state index in [1.807, 2.05) is 6.92 Å². The number of unbranched alkanes of at least 4 members (excludes halogenated alkanes) is 8. The number of carbonyl (C=O) groups is 1. The molecule has 51 heavy (non-hydrogen) atoms. The summed E-state index contributed by atoms with van der Waals surface area (Å²) in [4.78, 5) is 12.2. The number of aliphatic hydroxyl groups excluding tert-OH is 4. The van der Waals surface area contributed by atoms with Crippen LogP contribution in [0.4, 0.5) is 0 Å². The third-order valence-corrected chi connectivity index (χ3v) is 8.39. The lowest BCUT2D eigenvalue weighted by atomic mass is 9.99. The number of carbonyl (C=O) groups excluding carboxylic acids is 1. The Balaban J connectivity index is 2.09. The number of hydrogen-bond acceptors (Lipinski definition) is 9. The lowest BCUT2D eigenvalue weighted by molar-refractivity contribution is -0.305. The van der Waals surface area contributed by atoms with Crippen molar-refractivity contribution in [3.8, 4) is 0 Å². The first-order chi connectivity index (χ1) is 24.9. The number of ether oxygens (including phenoxy) is 4. The number of hydrogen-bond donors (Lipinski definition) is 4. The molecule has 1 fully saturated rings. The van der Waals surface area contributed by atoms with Gasteiger partial charge in [0, 0.05) is 13.0 Å². The van der Waals surface area contributed by atoms with E-state index in [4.69, 9.17) is 18.9 Å². The summed E-state index contributed by atoms with van der Waals surface area (Å²) in [6.07, 6.45) is 36.2. The third kappa shape index (κ3) is 25.3. The van der Waals surface area contributed by atoms with Gasteiger partial charge in [-0.3, -0.25) is 4.79 Å². The highest BCUT2D eigenvalue weighted by Crippen LogP contribution is 2.22. The van der Waals surface area contributed by atoms with Gasteiger partial charge in [0.05, 0.1) is 19.8 Å². The average molecular weight is 719 g/mol. The fraction of sp³-hybridized carbons (Fsp3) is 0.690. The molecule has 0 spiro atoms. The van der Waals surface area contributed by atoms with Gasteiger partial charge in [0.1, 0.15) is 30.5 Å². The van der Waals surface area contributed by atoms with Crippen molar-refractivity contribution >= 4 is 5.97 Å². The van der Waals surface area contributed by atoms with E-state index >= 15 is 0 Å². The van der Waals surface area contributed by atoms with Gasteiger partial charge in [0.15, 0.2) is 6.29 Å². The zero-order valence-electron chi connectivity index (χ0n) is 31.6. The maximum Gasteiger partial charge on any atom is 0.306 e. The second-order valence-corrected chi connectivity index (χ2v) is 13.0. The van der Waals surface area contributed by atoms with Gasteiger partial charge in [-0.2, -0.15) is 0 Å². The van der Waals surface area contributed by atoms with E-state index in [0.29, 0.717) is 13.0 Å². The summed E-state index contributed by atoms with van der Waals surface area (Å²) in [5.74, 6) is -0.358. The Bertz CT molecular complexity index is 1000. The standard InChI is InChI=1S/C42H70O9/c1-3-5-7-8-9-10-11-12-13-14-15-16-17-18-19-20-21-22-23-24-25-26-27-28-29-30-32-48-34-36(50-38(44)31-6-4-2)35-49-42-41(47)40(46)39(45)37(33-43)51-42/h5,7,9-10,12-13,15-16,18-19,21-22,36-37,39-43,45-47H,3-4,6,8,11,14,17,20,23-35H2,1-2H3/b7-5-,10-9-,13-12-,16-15-,19-18-,22-21-. The molecule has 6 atom stereocenters. The van der Waals surface area contributed by atoms with Crippen LogP contribution < -0.4 is 0 Å². The monoisotopic (exact) mass is 719 g/mol. The first-order valence-electron chi connectivity index (χ1n) is 19.5. The molecule has 0 aromatic carbocycles. The Kier molecular flexibility index (Phi) is 30.6. The molecule has 1 rings (SSSR count). The SMILES string of the molecule is CC/C=C\C/C=C\C/C=C\C/C=C\C/C=C\C/C=C\CCCCCCCCCOCC(COC1OC(CO)C(O)C(O)C1O)OC(=O)CCCC. The van der Waals surface area contributed by atoms with Gasteiger partial charge in [-0.15, -0.1) is 0 Å². The minimum atomic E-state index is -1.54. The highest BCUT2D eigenvalue weighted by atomic mass is 16.7. The second-order valence-electron chi connectivity index (χ2n) is 13.0. The van der Waals surface area contributed by atoms with E-state index in [9.17, 15) is 25.2 Å². The number of aliphatic hydroxyl groups is 4. The van der Waals surface area contributed by atoms with Crippen molar-refractivity contribution in [2.45, 2.75) is 160 Å². The normalized spacial score (nSPS) is 22.2. The van der Waals surface area contributed by atoms with Crippen molar-refractivity contribution in [1.29, 1.82) is 0 Å². The lowest BCUT2D eigenvalue weighted by Crippen LogP contribution is -2.59. The van der Waals surface area contributed by atoms with Gasteiger partial charge in [-0.1, -0.05) is 125 Å². The van der Waals surface area contributed by atoms with Gasteiger partial charge < -0.3 is 39.4 Å². The van der Waals surface area contributed by atoms with Crippen LogP contribution in [0.25, 0.3) is 0 Å². The van der Waals surface area contributed by atoms with Crippen molar-refractivity contribution in [1.82, 2.24) is 0 Å². The van der Waals surface area contributed by atoms with Gasteiger partial charge in [0.2, 0.25) is 0 Å². The van der Waals surface area contributed by atoms with Gasteiger partial charge >= 0.3 is 5.97 Å². The van der Waals surface area contributed by atoms with E-state index in [1.165, 1.54) is 25.7 Å². The zero-order valence-corrected chi connectivity index (χ0v) is 31.6. The molecule has 0 aromatic heterocycles. The number of rotatable bonds is 31. The zero-order chi connectivity index (χ0) is 37.2. The van der Waals surface area contributed by atoms with E-state index in [-0.39, 0.29) is 25.6 Å². The van der Waals surface area contributed by atoms with Crippen LogP contribution in [0.5, 0.6) is 0 Å². The first kappa shape index (κ1) is 46.7. The van der Waals surface area contributed by atoms with Crippen LogP contribution in [0.3, 0.4) is 0 Å². The largest absolute Gasteiger partial charge is 0.457 e. The fourth-order valence-corrected chi connectivity index (χ4v) is 5.29. The Hall–Kier alpha value is -2.37. The summed E-state index contributed by atoms with van der Waals surface area (Å²) >= 11 is 0. The molecule has 0 radical (unpaired) electrons. The Morgan fingerprint density at radius 3 is 1.73 bits per heavy atom. The van der Waals surface area contributed by atoms with Crippen LogP contribution in [0.2, 0.25) is 0 Å². The van der Waals surface area contributed by atoms with Crippen molar-refractivity contribution < 1.29 is 44.2 Å². The smallest absolute Gasteiger partial charge is 0.306 e. The van der Waals surface area contributed by atoms with E-state index in [0.717, 1.165) is 70.6 Å². The Labute approximate surface area is 308 Å². The minimum absolute atomic E-state index is 0.126. The molecule has 9 heteroatoms. The van der Waals surface area contributed by atoms with E-state index in [2.05, 4.69) is 79.8 Å². The topological polar surface area (TPSA) is 135 Å². The van der Waals surface area contributed by atoms with Crippen molar-refractivity contribution in [2.24, 2.45) is 0 Å². The quantitative estimate of drug-likeness (QED) is 0.0323.